The molecule has 1 aliphatic heterocycles. The number of unbranched alkanes of at least 4 members (excludes halogenated alkanes) is 1. The molecule has 0 saturated carbocycles. The average Bonchev–Trinajstić information content (AvgIpc) is 2.66. The molecule has 9 nitrogen and oxygen atoms in total. The molecular weight excluding hydrogens is 511 g/mol. The molecule has 0 aromatic carbocycles. The molecule has 0 spiro atoms. The zero-order valence-corrected chi connectivity index (χ0v) is 22.0. The van der Waals surface area contributed by atoms with Gasteiger partial charge in [-0.3, -0.25) is 9.79 Å². The summed E-state index contributed by atoms with van der Waals surface area (Å²) in [5.74, 6) is 0.702. The van der Waals surface area contributed by atoms with Gasteiger partial charge >= 0.3 is 6.09 Å². The number of ether oxygens (including phenoxy) is 1. The van der Waals surface area contributed by atoms with Gasteiger partial charge < -0.3 is 31.3 Å². The van der Waals surface area contributed by atoms with Crippen LogP contribution in [0.4, 0.5) is 4.79 Å². The number of primary amides is 1. The van der Waals surface area contributed by atoms with Gasteiger partial charge in [-0.05, 0) is 79.4 Å². The van der Waals surface area contributed by atoms with Crippen molar-refractivity contribution in [3.05, 3.63) is 0 Å². The number of piperidine rings is 1. The first-order valence-electron chi connectivity index (χ1n) is 11.2. The normalized spacial score (nSPS) is 15.7. The van der Waals surface area contributed by atoms with Crippen molar-refractivity contribution in [2.45, 2.75) is 65.4 Å². The molecule has 0 radical (unpaired) electrons. The summed E-state index contributed by atoms with van der Waals surface area (Å²) in [7, 11) is 0. The van der Waals surface area contributed by atoms with E-state index in [1.165, 1.54) is 0 Å². The SMILES string of the molecule is CCNC(=NCCCNC(=O)OC(C)(C)C)NCCCCN1CCC(C(N)=O)CC1.I. The second-order valence-electron chi connectivity index (χ2n) is 8.70. The van der Waals surface area contributed by atoms with E-state index in [4.69, 9.17) is 10.5 Å². The fourth-order valence-electron chi connectivity index (χ4n) is 3.22. The number of carbonyl (C=O) groups is 2. The van der Waals surface area contributed by atoms with Crippen LogP contribution in [0.2, 0.25) is 0 Å². The van der Waals surface area contributed by atoms with Crippen LogP contribution in [0.5, 0.6) is 0 Å². The number of halogens is 1. The van der Waals surface area contributed by atoms with E-state index in [2.05, 4.69) is 25.8 Å². The molecule has 1 aliphatic rings. The van der Waals surface area contributed by atoms with Crippen molar-refractivity contribution in [1.29, 1.82) is 0 Å². The van der Waals surface area contributed by atoms with Gasteiger partial charge in [-0.15, -0.1) is 24.0 Å². The van der Waals surface area contributed by atoms with Crippen molar-refractivity contribution < 1.29 is 14.3 Å². The topological polar surface area (TPSA) is 121 Å². The summed E-state index contributed by atoms with van der Waals surface area (Å²) in [6.07, 6.45) is 4.28. The van der Waals surface area contributed by atoms with Crippen LogP contribution in [0.1, 0.15) is 59.8 Å². The number of nitrogens with zero attached hydrogens (tertiary/aromatic N) is 2. The van der Waals surface area contributed by atoms with E-state index in [0.717, 1.165) is 70.8 Å². The Bertz CT molecular complexity index is 546. The highest BCUT2D eigenvalue weighted by molar-refractivity contribution is 14.0. The molecule has 0 aromatic heterocycles. The monoisotopic (exact) mass is 554 g/mol. The standard InChI is InChI=1S/C21H42N6O3.HI/c1-5-23-19(25-12-8-13-26-20(29)30-21(2,3)4)24-11-6-7-14-27-15-9-17(10-16-27)18(22)28;/h17H,5-16H2,1-4H3,(H2,22,28)(H,26,29)(H2,23,24,25);1H. The van der Waals surface area contributed by atoms with Crippen LogP contribution in [-0.2, 0) is 9.53 Å². The van der Waals surface area contributed by atoms with Crippen molar-refractivity contribution in [3.63, 3.8) is 0 Å². The van der Waals surface area contributed by atoms with Gasteiger partial charge in [0.2, 0.25) is 5.91 Å². The molecule has 0 aliphatic carbocycles. The van der Waals surface area contributed by atoms with Gasteiger partial charge in [0.05, 0.1) is 0 Å². The fourth-order valence-corrected chi connectivity index (χ4v) is 3.22. The first-order valence-corrected chi connectivity index (χ1v) is 11.2. The molecule has 1 fully saturated rings. The number of carbonyl (C=O) groups excluding carboxylic acids is 2. The Morgan fingerprint density at radius 3 is 2.29 bits per heavy atom. The number of nitrogens with two attached hydrogens (primary N) is 1. The van der Waals surface area contributed by atoms with Crippen LogP contribution >= 0.6 is 24.0 Å². The maximum Gasteiger partial charge on any atom is 0.407 e. The van der Waals surface area contributed by atoms with Crippen molar-refractivity contribution >= 4 is 41.9 Å². The molecule has 1 heterocycles. The molecule has 1 saturated heterocycles. The summed E-state index contributed by atoms with van der Waals surface area (Å²) in [6, 6.07) is 0. The molecule has 10 heteroatoms. The van der Waals surface area contributed by atoms with E-state index in [-0.39, 0.29) is 35.8 Å². The summed E-state index contributed by atoms with van der Waals surface area (Å²) < 4.78 is 5.20. The minimum Gasteiger partial charge on any atom is -0.444 e. The van der Waals surface area contributed by atoms with E-state index in [9.17, 15) is 9.59 Å². The molecular formula is C21H43IN6O3. The number of alkyl carbamates (subject to hydrolysis) is 1. The number of rotatable bonds is 11. The van der Waals surface area contributed by atoms with E-state index >= 15 is 0 Å². The first kappa shape index (κ1) is 29.7. The molecule has 5 N–H and O–H groups in total. The largest absolute Gasteiger partial charge is 0.444 e. The Balaban J connectivity index is 0.00000900. The minimum atomic E-state index is -0.482. The molecule has 0 bridgehead atoms. The summed E-state index contributed by atoms with van der Waals surface area (Å²) >= 11 is 0. The average molecular weight is 555 g/mol. The number of hydrogen-bond acceptors (Lipinski definition) is 5. The summed E-state index contributed by atoms with van der Waals surface area (Å²) in [5, 5.41) is 9.34. The zero-order chi connectivity index (χ0) is 22.4. The maximum absolute atomic E-state index is 11.6. The van der Waals surface area contributed by atoms with Gasteiger partial charge in [0, 0.05) is 32.1 Å². The number of guanidine groups is 1. The van der Waals surface area contributed by atoms with Crippen LogP contribution in [0, 0.1) is 5.92 Å². The molecule has 0 atom stereocenters. The van der Waals surface area contributed by atoms with E-state index < -0.39 is 11.7 Å². The fraction of sp³-hybridized carbons (Fsp3) is 0.857. The molecule has 182 valence electrons. The Labute approximate surface area is 204 Å². The van der Waals surface area contributed by atoms with E-state index in [0.29, 0.717) is 13.1 Å². The summed E-state index contributed by atoms with van der Waals surface area (Å²) in [6.45, 7) is 13.4. The number of nitrogens with one attached hydrogen (secondary N) is 3. The molecule has 2 amide bonds. The van der Waals surface area contributed by atoms with Gasteiger partial charge in [-0.2, -0.15) is 0 Å². The Morgan fingerprint density at radius 2 is 1.71 bits per heavy atom. The third kappa shape index (κ3) is 15.2. The lowest BCUT2D eigenvalue weighted by Crippen LogP contribution is -2.40. The van der Waals surface area contributed by atoms with E-state index in [1.54, 1.807) is 0 Å². The Morgan fingerprint density at radius 1 is 1.06 bits per heavy atom. The second kappa shape index (κ2) is 16.3. The summed E-state index contributed by atoms with van der Waals surface area (Å²) in [4.78, 5) is 29.8. The number of hydrogen-bond donors (Lipinski definition) is 4. The van der Waals surface area contributed by atoms with Gasteiger partial charge in [0.15, 0.2) is 5.96 Å². The molecule has 0 aromatic rings. The predicted molar refractivity (Wildman–Crippen MR) is 136 cm³/mol. The molecule has 1 rings (SSSR count). The van der Waals surface area contributed by atoms with Crippen molar-refractivity contribution in [1.82, 2.24) is 20.9 Å². The van der Waals surface area contributed by atoms with Crippen LogP contribution in [-0.4, -0.2) is 74.3 Å². The van der Waals surface area contributed by atoms with Gasteiger partial charge in [0.25, 0.3) is 0 Å². The van der Waals surface area contributed by atoms with Crippen molar-refractivity contribution in [2.24, 2.45) is 16.6 Å². The second-order valence-corrected chi connectivity index (χ2v) is 8.70. The highest BCUT2D eigenvalue weighted by atomic mass is 127. The van der Waals surface area contributed by atoms with Crippen LogP contribution < -0.4 is 21.7 Å². The lowest BCUT2D eigenvalue weighted by molar-refractivity contribution is -0.123. The van der Waals surface area contributed by atoms with Gasteiger partial charge in [-0.25, -0.2) is 4.79 Å². The number of amides is 2. The quantitative estimate of drug-likeness (QED) is 0.134. The number of likely N-dealkylation sites (tertiary alicyclic amines) is 1. The van der Waals surface area contributed by atoms with Gasteiger partial charge in [-0.1, -0.05) is 0 Å². The highest BCUT2D eigenvalue weighted by Gasteiger charge is 2.22. The third-order valence-corrected chi connectivity index (χ3v) is 4.80. The Kier molecular flexibility index (Phi) is 15.7. The van der Waals surface area contributed by atoms with Gasteiger partial charge in [0.1, 0.15) is 5.60 Å². The first-order chi connectivity index (χ1) is 14.2. The zero-order valence-electron chi connectivity index (χ0n) is 19.7. The molecule has 31 heavy (non-hydrogen) atoms. The maximum atomic E-state index is 11.6. The van der Waals surface area contributed by atoms with Crippen LogP contribution in [0.3, 0.4) is 0 Å². The Hall–Kier alpha value is -1.30. The van der Waals surface area contributed by atoms with Crippen LogP contribution in [0.15, 0.2) is 4.99 Å². The number of aliphatic imine (C=N–C) groups is 1. The highest BCUT2D eigenvalue weighted by Crippen LogP contribution is 2.16. The predicted octanol–water partition coefficient (Wildman–Crippen LogP) is 2.05. The lowest BCUT2D eigenvalue weighted by Gasteiger charge is -2.30. The molecule has 0 unspecified atom stereocenters. The summed E-state index contributed by atoms with van der Waals surface area (Å²) in [5.41, 5.74) is 4.90. The van der Waals surface area contributed by atoms with E-state index in [1.807, 2.05) is 27.7 Å². The third-order valence-electron chi connectivity index (χ3n) is 4.80. The minimum absolute atomic E-state index is 0. The van der Waals surface area contributed by atoms with Crippen molar-refractivity contribution in [2.75, 3.05) is 45.8 Å². The van der Waals surface area contributed by atoms with Crippen LogP contribution in [0.25, 0.3) is 0 Å². The lowest BCUT2D eigenvalue weighted by atomic mass is 9.96. The smallest absolute Gasteiger partial charge is 0.407 e. The van der Waals surface area contributed by atoms with Crippen molar-refractivity contribution in [3.8, 4) is 0 Å².